The fourth-order valence-corrected chi connectivity index (χ4v) is 3.69. The molecule has 0 aliphatic carbocycles. The Labute approximate surface area is 133 Å². The van der Waals surface area contributed by atoms with Crippen molar-refractivity contribution in [3.8, 4) is 0 Å². The van der Waals surface area contributed by atoms with E-state index in [1.165, 1.54) is 17.8 Å². The normalized spacial score (nSPS) is 19.5. The zero-order valence-electron chi connectivity index (χ0n) is 12.9. The molecule has 0 saturated carbocycles. The summed E-state index contributed by atoms with van der Waals surface area (Å²) in [7, 11) is 0. The van der Waals surface area contributed by atoms with Crippen molar-refractivity contribution in [1.29, 1.82) is 0 Å². The predicted octanol–water partition coefficient (Wildman–Crippen LogP) is 4.72. The second-order valence-electron chi connectivity index (χ2n) is 6.67. The lowest BCUT2D eigenvalue weighted by molar-refractivity contribution is -0.137. The highest BCUT2D eigenvalue weighted by molar-refractivity contribution is 7.99. The summed E-state index contributed by atoms with van der Waals surface area (Å²) in [5, 5.41) is -0.322. The molecule has 1 fully saturated rings. The Hall–Kier alpha value is -1.17. The third kappa shape index (κ3) is 4.18. The zero-order valence-corrected chi connectivity index (χ0v) is 13.7. The summed E-state index contributed by atoms with van der Waals surface area (Å²) in [6.45, 7) is 6.52. The third-order valence-electron chi connectivity index (χ3n) is 3.39. The standard InChI is InChI=1S/C16H20F3NOS/c1-15(2,3)10-13(21)20-7-8-22-14(20)11-5-4-6-12(9-11)16(17,18)19/h4-6,9,14H,7-8,10H2,1-3H3/t14-/m1/s1. The van der Waals surface area contributed by atoms with E-state index in [2.05, 4.69) is 0 Å². The third-order valence-corrected chi connectivity index (χ3v) is 4.65. The van der Waals surface area contributed by atoms with Crippen LogP contribution in [0.4, 0.5) is 13.2 Å². The molecular formula is C16H20F3NOS. The number of carbonyl (C=O) groups is 1. The van der Waals surface area contributed by atoms with Crippen LogP contribution in [0, 0.1) is 5.41 Å². The minimum atomic E-state index is -4.36. The number of thioether (sulfide) groups is 1. The first-order valence-corrected chi connectivity index (χ1v) is 8.21. The van der Waals surface area contributed by atoms with Crippen molar-refractivity contribution in [2.75, 3.05) is 12.3 Å². The quantitative estimate of drug-likeness (QED) is 0.782. The second-order valence-corrected chi connectivity index (χ2v) is 7.86. The highest BCUT2D eigenvalue weighted by Crippen LogP contribution is 2.41. The maximum atomic E-state index is 12.8. The molecule has 0 radical (unpaired) electrons. The number of alkyl halides is 3. The molecule has 1 aliphatic heterocycles. The van der Waals surface area contributed by atoms with E-state index in [9.17, 15) is 18.0 Å². The Morgan fingerprint density at radius 1 is 1.32 bits per heavy atom. The van der Waals surface area contributed by atoms with E-state index in [1.54, 1.807) is 11.0 Å². The van der Waals surface area contributed by atoms with Gasteiger partial charge in [0.2, 0.25) is 5.91 Å². The fourth-order valence-electron chi connectivity index (χ4n) is 2.43. The number of halogens is 3. The lowest BCUT2D eigenvalue weighted by atomic mass is 9.91. The van der Waals surface area contributed by atoms with E-state index in [0.29, 0.717) is 18.5 Å². The summed E-state index contributed by atoms with van der Waals surface area (Å²) in [6, 6.07) is 5.28. The van der Waals surface area contributed by atoms with Crippen LogP contribution in [0.3, 0.4) is 0 Å². The Balaban J connectivity index is 2.22. The van der Waals surface area contributed by atoms with Crippen molar-refractivity contribution in [2.24, 2.45) is 5.41 Å². The Morgan fingerprint density at radius 3 is 2.59 bits per heavy atom. The minimum absolute atomic E-state index is 0.0000817. The molecule has 1 heterocycles. The van der Waals surface area contributed by atoms with E-state index in [4.69, 9.17) is 0 Å². The van der Waals surface area contributed by atoms with Crippen molar-refractivity contribution in [3.05, 3.63) is 35.4 Å². The van der Waals surface area contributed by atoms with Crippen molar-refractivity contribution in [1.82, 2.24) is 4.90 Å². The lowest BCUT2D eigenvalue weighted by Crippen LogP contribution is -2.33. The SMILES string of the molecule is CC(C)(C)CC(=O)N1CCS[C@@H]1c1cccc(C(F)(F)F)c1. The molecule has 6 heteroatoms. The average molecular weight is 331 g/mol. The average Bonchev–Trinajstić information content (AvgIpc) is 2.85. The van der Waals surface area contributed by atoms with E-state index >= 15 is 0 Å². The number of carbonyl (C=O) groups excluding carboxylic acids is 1. The smallest absolute Gasteiger partial charge is 0.326 e. The van der Waals surface area contributed by atoms with Crippen LogP contribution in [0.25, 0.3) is 0 Å². The van der Waals surface area contributed by atoms with Gasteiger partial charge in [0.25, 0.3) is 0 Å². The first-order chi connectivity index (χ1) is 10.1. The van der Waals surface area contributed by atoms with Crippen molar-refractivity contribution in [2.45, 2.75) is 38.7 Å². The predicted molar refractivity (Wildman–Crippen MR) is 82.4 cm³/mol. The molecule has 2 nitrogen and oxygen atoms in total. The van der Waals surface area contributed by atoms with E-state index < -0.39 is 11.7 Å². The molecule has 1 atom stereocenters. The number of nitrogens with zero attached hydrogens (tertiary/aromatic N) is 1. The van der Waals surface area contributed by atoms with Gasteiger partial charge >= 0.3 is 6.18 Å². The van der Waals surface area contributed by atoms with E-state index in [1.807, 2.05) is 20.8 Å². The van der Waals surface area contributed by atoms with Gasteiger partial charge in [-0.1, -0.05) is 32.9 Å². The monoisotopic (exact) mass is 331 g/mol. The fraction of sp³-hybridized carbons (Fsp3) is 0.562. The highest BCUT2D eigenvalue weighted by atomic mass is 32.2. The summed E-state index contributed by atoms with van der Waals surface area (Å²) in [4.78, 5) is 14.1. The van der Waals surface area contributed by atoms with Crippen molar-refractivity contribution >= 4 is 17.7 Å². The molecule has 0 N–H and O–H groups in total. The van der Waals surface area contributed by atoms with Gasteiger partial charge in [-0.3, -0.25) is 4.79 Å². The zero-order chi connectivity index (χ0) is 16.5. The molecule has 122 valence electrons. The number of amides is 1. The number of benzene rings is 1. The van der Waals surface area contributed by atoms with Gasteiger partial charge in [-0.15, -0.1) is 11.8 Å². The number of hydrogen-bond acceptors (Lipinski definition) is 2. The summed E-state index contributed by atoms with van der Waals surface area (Å²) < 4.78 is 38.5. The van der Waals surface area contributed by atoms with Crippen LogP contribution in [-0.4, -0.2) is 23.1 Å². The van der Waals surface area contributed by atoms with Gasteiger partial charge in [-0.2, -0.15) is 13.2 Å². The van der Waals surface area contributed by atoms with E-state index in [-0.39, 0.29) is 16.7 Å². The van der Waals surface area contributed by atoms with Crippen LogP contribution in [0.1, 0.15) is 43.7 Å². The maximum absolute atomic E-state index is 12.8. The molecule has 22 heavy (non-hydrogen) atoms. The maximum Gasteiger partial charge on any atom is 0.416 e. The summed E-state index contributed by atoms with van der Waals surface area (Å²) in [5.41, 5.74) is -0.261. The van der Waals surface area contributed by atoms with Crippen LogP contribution < -0.4 is 0 Å². The summed E-state index contributed by atoms with van der Waals surface area (Å²) >= 11 is 1.51. The highest BCUT2D eigenvalue weighted by Gasteiger charge is 2.35. The first kappa shape index (κ1) is 17.2. The van der Waals surface area contributed by atoms with Gasteiger partial charge in [0.05, 0.1) is 5.56 Å². The molecule has 1 aromatic rings. The summed E-state index contributed by atoms with van der Waals surface area (Å²) in [5.74, 6) is 0.747. The second kappa shape index (κ2) is 6.14. The van der Waals surface area contributed by atoms with Crippen molar-refractivity contribution in [3.63, 3.8) is 0 Å². The molecule has 1 aromatic carbocycles. The molecule has 0 bridgehead atoms. The number of hydrogen-bond donors (Lipinski definition) is 0. The van der Waals surface area contributed by atoms with Crippen molar-refractivity contribution < 1.29 is 18.0 Å². The van der Waals surface area contributed by atoms with Gasteiger partial charge in [0.15, 0.2) is 0 Å². The Kier molecular flexibility index (Phi) is 4.80. The van der Waals surface area contributed by atoms with Crippen LogP contribution in [0.5, 0.6) is 0 Å². The number of rotatable bonds is 2. The molecule has 0 aromatic heterocycles. The van der Waals surface area contributed by atoms with Crippen LogP contribution >= 0.6 is 11.8 Å². The Bertz CT molecular complexity index is 551. The van der Waals surface area contributed by atoms with Gasteiger partial charge in [0.1, 0.15) is 5.37 Å². The summed E-state index contributed by atoms with van der Waals surface area (Å²) in [6.07, 6.45) is -3.97. The van der Waals surface area contributed by atoms with Gasteiger partial charge in [-0.25, -0.2) is 0 Å². The first-order valence-electron chi connectivity index (χ1n) is 7.16. The van der Waals surface area contributed by atoms with Gasteiger partial charge < -0.3 is 4.90 Å². The van der Waals surface area contributed by atoms with Crippen LogP contribution in [-0.2, 0) is 11.0 Å². The molecule has 1 saturated heterocycles. The van der Waals surface area contributed by atoms with Crippen LogP contribution in [0.15, 0.2) is 24.3 Å². The van der Waals surface area contributed by atoms with E-state index in [0.717, 1.165) is 17.9 Å². The van der Waals surface area contributed by atoms with Gasteiger partial charge in [-0.05, 0) is 23.1 Å². The molecular weight excluding hydrogens is 311 g/mol. The van der Waals surface area contributed by atoms with Gasteiger partial charge in [0, 0.05) is 18.7 Å². The minimum Gasteiger partial charge on any atom is -0.326 e. The lowest BCUT2D eigenvalue weighted by Gasteiger charge is -2.28. The topological polar surface area (TPSA) is 20.3 Å². The molecule has 1 amide bonds. The molecule has 1 aliphatic rings. The molecule has 0 unspecified atom stereocenters. The largest absolute Gasteiger partial charge is 0.416 e. The Morgan fingerprint density at radius 2 is 2.00 bits per heavy atom. The molecule has 0 spiro atoms. The molecule has 2 rings (SSSR count). The van der Waals surface area contributed by atoms with Crippen LogP contribution in [0.2, 0.25) is 0 Å².